The summed E-state index contributed by atoms with van der Waals surface area (Å²) in [6.07, 6.45) is 0.950. The third-order valence-corrected chi connectivity index (χ3v) is 2.95. The largest absolute Gasteiger partial charge is 0.379 e. The molecular weight excluding hydrogens is 216 g/mol. The lowest BCUT2D eigenvalue weighted by Gasteiger charge is -2.23. The average molecular weight is 234 g/mol. The molecule has 1 heterocycles. The van der Waals surface area contributed by atoms with Gasteiger partial charge in [0.15, 0.2) is 0 Å². The van der Waals surface area contributed by atoms with Crippen molar-refractivity contribution in [3.8, 4) is 0 Å². The molecule has 0 saturated carbocycles. The van der Waals surface area contributed by atoms with E-state index in [1.165, 1.54) is 0 Å². The Kier molecular flexibility index (Phi) is 3.76. The van der Waals surface area contributed by atoms with Crippen molar-refractivity contribution < 1.29 is 9.53 Å². The van der Waals surface area contributed by atoms with Crippen molar-refractivity contribution in [1.82, 2.24) is 5.32 Å². The van der Waals surface area contributed by atoms with Crippen LogP contribution in [0.1, 0.15) is 13.3 Å². The first-order chi connectivity index (χ1) is 8.18. The van der Waals surface area contributed by atoms with Gasteiger partial charge in [-0.2, -0.15) is 0 Å². The zero-order chi connectivity index (χ0) is 12.1. The molecule has 0 radical (unpaired) electrons. The molecule has 2 rings (SSSR count). The number of carbonyl (C=O) groups excluding carboxylic acids is 1. The van der Waals surface area contributed by atoms with Gasteiger partial charge in [0, 0.05) is 17.8 Å². The Balaban J connectivity index is 1.78. The van der Waals surface area contributed by atoms with Crippen LogP contribution in [0, 0.1) is 0 Å². The van der Waals surface area contributed by atoms with Crippen LogP contribution in [0.3, 0.4) is 0 Å². The summed E-state index contributed by atoms with van der Waals surface area (Å²) in [5, 5.41) is 6.08. The van der Waals surface area contributed by atoms with E-state index in [0.717, 1.165) is 18.7 Å². The van der Waals surface area contributed by atoms with Gasteiger partial charge in [-0.15, -0.1) is 0 Å². The quantitative estimate of drug-likeness (QED) is 0.827. The number of ether oxygens (including phenoxy) is 1. The number of carbonyl (C=O) groups is 1. The Bertz CT molecular complexity index is 372. The molecule has 1 saturated heterocycles. The van der Waals surface area contributed by atoms with Crippen LogP contribution in [0.5, 0.6) is 0 Å². The van der Waals surface area contributed by atoms with Crippen LogP contribution in [0.25, 0.3) is 0 Å². The van der Waals surface area contributed by atoms with E-state index in [1.807, 2.05) is 30.3 Å². The number of rotatable bonds is 4. The summed E-state index contributed by atoms with van der Waals surface area (Å²) in [6.45, 7) is 3.83. The van der Waals surface area contributed by atoms with Gasteiger partial charge in [0.05, 0.1) is 13.2 Å². The number of amides is 1. The Labute approximate surface area is 101 Å². The van der Waals surface area contributed by atoms with Crippen LogP contribution in [0.4, 0.5) is 5.69 Å². The maximum atomic E-state index is 11.7. The minimum atomic E-state index is -0.0615. The fraction of sp³-hybridized carbons (Fsp3) is 0.462. The molecule has 4 nitrogen and oxygen atoms in total. The van der Waals surface area contributed by atoms with E-state index >= 15 is 0 Å². The minimum Gasteiger partial charge on any atom is -0.379 e. The monoisotopic (exact) mass is 234 g/mol. The van der Waals surface area contributed by atoms with Crippen molar-refractivity contribution in [3.63, 3.8) is 0 Å². The van der Waals surface area contributed by atoms with Crippen LogP contribution in [0.2, 0.25) is 0 Å². The highest BCUT2D eigenvalue weighted by atomic mass is 16.5. The third kappa shape index (κ3) is 3.54. The molecule has 2 N–H and O–H groups in total. The Hall–Kier alpha value is -1.39. The van der Waals surface area contributed by atoms with E-state index in [4.69, 9.17) is 4.74 Å². The smallest absolute Gasteiger partial charge is 0.238 e. The maximum absolute atomic E-state index is 11.7. The SMILES string of the molecule is CC1(NCC(=O)Nc2ccccc2)CCOC1. The first-order valence-electron chi connectivity index (χ1n) is 5.86. The molecule has 17 heavy (non-hydrogen) atoms. The van der Waals surface area contributed by atoms with Crippen molar-refractivity contribution in [3.05, 3.63) is 30.3 Å². The summed E-state index contributed by atoms with van der Waals surface area (Å²) in [5.74, 6) is -0.0238. The highest BCUT2D eigenvalue weighted by Gasteiger charge is 2.29. The van der Waals surface area contributed by atoms with Crippen LogP contribution >= 0.6 is 0 Å². The molecule has 1 atom stereocenters. The van der Waals surface area contributed by atoms with Gasteiger partial charge in [0.25, 0.3) is 0 Å². The van der Waals surface area contributed by atoms with E-state index in [1.54, 1.807) is 0 Å². The lowest BCUT2D eigenvalue weighted by molar-refractivity contribution is -0.115. The highest BCUT2D eigenvalue weighted by Crippen LogP contribution is 2.16. The van der Waals surface area contributed by atoms with Gasteiger partial charge in [0.2, 0.25) is 5.91 Å². The standard InChI is InChI=1S/C13H18N2O2/c1-13(7-8-17-10-13)14-9-12(16)15-11-5-3-2-4-6-11/h2-6,14H,7-10H2,1H3,(H,15,16). The lowest BCUT2D eigenvalue weighted by atomic mass is 10.0. The first-order valence-corrected chi connectivity index (χ1v) is 5.86. The van der Waals surface area contributed by atoms with Crippen LogP contribution < -0.4 is 10.6 Å². The number of hydrogen-bond acceptors (Lipinski definition) is 3. The topological polar surface area (TPSA) is 50.4 Å². The molecule has 1 amide bonds. The number of hydrogen-bond donors (Lipinski definition) is 2. The molecule has 92 valence electrons. The summed E-state index contributed by atoms with van der Waals surface area (Å²) in [5.41, 5.74) is 0.765. The van der Waals surface area contributed by atoms with Gasteiger partial charge in [-0.05, 0) is 25.5 Å². The molecule has 0 bridgehead atoms. The minimum absolute atomic E-state index is 0.0238. The zero-order valence-corrected chi connectivity index (χ0v) is 10.0. The highest BCUT2D eigenvalue weighted by molar-refractivity contribution is 5.92. The summed E-state index contributed by atoms with van der Waals surface area (Å²) in [4.78, 5) is 11.7. The summed E-state index contributed by atoms with van der Waals surface area (Å²) in [7, 11) is 0. The fourth-order valence-electron chi connectivity index (χ4n) is 1.83. The van der Waals surface area contributed by atoms with Gasteiger partial charge in [-0.25, -0.2) is 0 Å². The summed E-state index contributed by atoms with van der Waals surface area (Å²) >= 11 is 0. The molecule has 1 fully saturated rings. The van der Waals surface area contributed by atoms with Gasteiger partial charge >= 0.3 is 0 Å². The van der Waals surface area contributed by atoms with Crippen LogP contribution in [-0.4, -0.2) is 31.2 Å². The van der Waals surface area contributed by atoms with E-state index < -0.39 is 0 Å². The van der Waals surface area contributed by atoms with Crippen LogP contribution in [-0.2, 0) is 9.53 Å². The van der Waals surface area contributed by atoms with Gasteiger partial charge in [-0.1, -0.05) is 18.2 Å². The van der Waals surface area contributed by atoms with Gasteiger partial charge in [0.1, 0.15) is 0 Å². The van der Waals surface area contributed by atoms with Gasteiger partial charge in [-0.3, -0.25) is 4.79 Å². The number of para-hydroxylation sites is 1. The van der Waals surface area contributed by atoms with E-state index in [0.29, 0.717) is 13.2 Å². The lowest BCUT2D eigenvalue weighted by Crippen LogP contribution is -2.46. The normalized spacial score (nSPS) is 23.6. The van der Waals surface area contributed by atoms with E-state index in [2.05, 4.69) is 17.6 Å². The van der Waals surface area contributed by atoms with E-state index in [9.17, 15) is 4.79 Å². The third-order valence-electron chi connectivity index (χ3n) is 2.95. The molecular formula is C13H18N2O2. The zero-order valence-electron chi connectivity index (χ0n) is 10.0. The second-order valence-corrected chi connectivity index (χ2v) is 4.63. The molecule has 0 aliphatic carbocycles. The molecule has 1 aromatic rings. The number of nitrogens with one attached hydrogen (secondary N) is 2. The number of anilines is 1. The van der Waals surface area contributed by atoms with E-state index in [-0.39, 0.29) is 11.4 Å². The molecule has 0 aromatic heterocycles. The predicted octanol–water partition coefficient (Wildman–Crippen LogP) is 1.39. The predicted molar refractivity (Wildman–Crippen MR) is 66.9 cm³/mol. The first kappa shape index (κ1) is 12.1. The molecule has 1 aliphatic heterocycles. The average Bonchev–Trinajstić information content (AvgIpc) is 2.76. The summed E-state index contributed by atoms with van der Waals surface area (Å²) in [6, 6.07) is 9.46. The number of benzene rings is 1. The molecule has 4 heteroatoms. The second-order valence-electron chi connectivity index (χ2n) is 4.63. The Morgan fingerprint density at radius 1 is 1.41 bits per heavy atom. The fourth-order valence-corrected chi connectivity index (χ4v) is 1.83. The van der Waals surface area contributed by atoms with Crippen LogP contribution in [0.15, 0.2) is 30.3 Å². The van der Waals surface area contributed by atoms with Crippen molar-refractivity contribution in [2.45, 2.75) is 18.9 Å². The molecule has 0 spiro atoms. The van der Waals surface area contributed by atoms with Crippen molar-refractivity contribution in [1.29, 1.82) is 0 Å². The second kappa shape index (κ2) is 5.29. The Morgan fingerprint density at radius 2 is 2.18 bits per heavy atom. The Morgan fingerprint density at radius 3 is 2.82 bits per heavy atom. The molecule has 1 aliphatic rings. The molecule has 1 unspecified atom stereocenters. The van der Waals surface area contributed by atoms with Gasteiger partial charge < -0.3 is 15.4 Å². The molecule has 1 aromatic carbocycles. The van der Waals surface area contributed by atoms with Crippen molar-refractivity contribution >= 4 is 11.6 Å². The van der Waals surface area contributed by atoms with Crippen molar-refractivity contribution in [2.75, 3.05) is 25.1 Å². The van der Waals surface area contributed by atoms with Crippen molar-refractivity contribution in [2.24, 2.45) is 0 Å². The summed E-state index contributed by atoms with van der Waals surface area (Å²) < 4.78 is 5.32. The maximum Gasteiger partial charge on any atom is 0.238 e.